The number of benzene rings is 1. The lowest BCUT2D eigenvalue weighted by molar-refractivity contribution is -0.531. The predicted molar refractivity (Wildman–Crippen MR) is 82.5 cm³/mol. The Morgan fingerprint density at radius 2 is 1.96 bits per heavy atom. The second kappa shape index (κ2) is 6.41. The van der Waals surface area contributed by atoms with Crippen LogP contribution in [-0.2, 0) is 30.3 Å². The van der Waals surface area contributed by atoms with Crippen molar-refractivity contribution in [2.45, 2.75) is 44.5 Å². The van der Waals surface area contributed by atoms with E-state index in [4.69, 9.17) is 18.9 Å². The summed E-state index contributed by atoms with van der Waals surface area (Å²) in [5.41, 5.74) is 0.913. The van der Waals surface area contributed by atoms with E-state index in [-0.39, 0.29) is 13.0 Å². The molecule has 2 aliphatic rings. The van der Waals surface area contributed by atoms with Crippen molar-refractivity contribution in [2.75, 3.05) is 13.7 Å². The zero-order chi connectivity index (χ0) is 17.2. The highest BCUT2D eigenvalue weighted by Gasteiger charge is 2.62. The number of esters is 1. The van der Waals surface area contributed by atoms with Crippen molar-refractivity contribution in [3.63, 3.8) is 0 Å². The van der Waals surface area contributed by atoms with E-state index >= 15 is 0 Å². The van der Waals surface area contributed by atoms with Gasteiger partial charge in [0.25, 0.3) is 5.91 Å². The highest BCUT2D eigenvalue weighted by Crippen LogP contribution is 2.48. The monoisotopic (exact) mass is 335 g/mol. The average Bonchev–Trinajstić information content (AvgIpc) is 2.96. The van der Waals surface area contributed by atoms with Gasteiger partial charge in [-0.3, -0.25) is 19.2 Å². The van der Waals surface area contributed by atoms with Crippen LogP contribution in [0.5, 0.6) is 0 Å². The van der Waals surface area contributed by atoms with Gasteiger partial charge >= 0.3 is 12.1 Å². The van der Waals surface area contributed by atoms with Crippen LogP contribution < -0.4 is 0 Å². The molecule has 7 nitrogen and oxygen atoms in total. The Morgan fingerprint density at radius 1 is 1.25 bits per heavy atom. The molecule has 0 N–H and O–H groups in total. The second-order valence-corrected chi connectivity index (χ2v) is 6.10. The maximum absolute atomic E-state index is 12.0. The fourth-order valence-electron chi connectivity index (χ4n) is 3.12. The molecule has 2 heterocycles. The molecule has 0 aliphatic carbocycles. The van der Waals surface area contributed by atoms with E-state index < -0.39 is 23.8 Å². The van der Waals surface area contributed by atoms with Gasteiger partial charge in [0.2, 0.25) is 0 Å². The van der Waals surface area contributed by atoms with E-state index in [1.165, 1.54) is 12.0 Å². The first-order valence-corrected chi connectivity index (χ1v) is 7.92. The van der Waals surface area contributed by atoms with Crippen molar-refractivity contribution in [3.8, 4) is 0 Å². The van der Waals surface area contributed by atoms with Crippen molar-refractivity contribution in [1.29, 1.82) is 0 Å². The van der Waals surface area contributed by atoms with Crippen LogP contribution in [-0.4, -0.2) is 42.3 Å². The van der Waals surface area contributed by atoms with Gasteiger partial charge in [-0.2, -0.15) is 0 Å². The number of carbonyl (C=O) groups excluding carboxylic acids is 2. The van der Waals surface area contributed by atoms with Crippen molar-refractivity contribution in [1.82, 2.24) is 4.90 Å². The summed E-state index contributed by atoms with van der Waals surface area (Å²) in [7, 11) is 1.31. The standard InChI is InChI=1S/C17H21NO6/c1-16(11-14(19)22-12-13-7-4-3-5-8-13)23-17(24-16)9-6-10-18(17)15(20)21-2/h3-5,7-8H,6,9-12H2,1-2H3. The third-order valence-corrected chi connectivity index (χ3v) is 4.14. The summed E-state index contributed by atoms with van der Waals surface area (Å²) in [6, 6.07) is 9.43. The minimum atomic E-state index is -1.11. The average molecular weight is 335 g/mol. The van der Waals surface area contributed by atoms with Crippen LogP contribution in [0.2, 0.25) is 0 Å². The number of amides is 1. The predicted octanol–water partition coefficient (Wildman–Crippen LogP) is 2.40. The molecule has 0 atom stereocenters. The molecule has 3 rings (SSSR count). The van der Waals surface area contributed by atoms with E-state index in [9.17, 15) is 9.59 Å². The lowest BCUT2D eigenvalue weighted by atomic mass is 10.1. The Bertz CT molecular complexity index is 611. The molecule has 2 saturated heterocycles. The lowest BCUT2D eigenvalue weighted by Gasteiger charge is -2.54. The van der Waals surface area contributed by atoms with Crippen LogP contribution in [0, 0.1) is 0 Å². The minimum Gasteiger partial charge on any atom is -0.461 e. The molecule has 0 aromatic heterocycles. The van der Waals surface area contributed by atoms with Crippen LogP contribution in [0.4, 0.5) is 4.79 Å². The number of ether oxygens (including phenoxy) is 4. The van der Waals surface area contributed by atoms with Gasteiger partial charge in [0.15, 0.2) is 5.79 Å². The van der Waals surface area contributed by atoms with E-state index in [1.807, 2.05) is 30.3 Å². The molecule has 7 heteroatoms. The second-order valence-electron chi connectivity index (χ2n) is 6.10. The van der Waals surface area contributed by atoms with E-state index in [1.54, 1.807) is 6.92 Å². The molecule has 1 spiro atoms. The van der Waals surface area contributed by atoms with Crippen LogP contribution in [0.3, 0.4) is 0 Å². The molecule has 24 heavy (non-hydrogen) atoms. The van der Waals surface area contributed by atoms with Crippen molar-refractivity contribution < 1.29 is 28.5 Å². The molecule has 1 aromatic carbocycles. The first-order valence-electron chi connectivity index (χ1n) is 7.92. The van der Waals surface area contributed by atoms with Gasteiger partial charge in [-0.15, -0.1) is 0 Å². The topological polar surface area (TPSA) is 74.3 Å². The third-order valence-electron chi connectivity index (χ3n) is 4.14. The summed E-state index contributed by atoms with van der Waals surface area (Å²) in [5.74, 6) is -2.62. The Kier molecular flexibility index (Phi) is 4.47. The SMILES string of the molecule is COC(=O)N1CCCC12OC(C)(CC(=O)OCc1ccccc1)O2. The first kappa shape index (κ1) is 16.7. The van der Waals surface area contributed by atoms with Gasteiger partial charge in [0, 0.05) is 13.0 Å². The third kappa shape index (κ3) is 3.22. The van der Waals surface area contributed by atoms with Gasteiger partial charge in [-0.25, -0.2) is 4.79 Å². The number of hydrogen-bond acceptors (Lipinski definition) is 6. The Hall–Kier alpha value is -2.12. The Morgan fingerprint density at radius 3 is 2.62 bits per heavy atom. The summed E-state index contributed by atoms with van der Waals surface area (Å²) in [4.78, 5) is 25.2. The fraction of sp³-hybridized carbons (Fsp3) is 0.529. The van der Waals surface area contributed by atoms with Gasteiger partial charge < -0.3 is 9.47 Å². The summed E-state index contributed by atoms with van der Waals surface area (Å²) >= 11 is 0. The lowest BCUT2D eigenvalue weighted by Crippen LogP contribution is -2.68. The number of likely N-dealkylation sites (tertiary alicyclic amines) is 1. The number of nitrogens with zero attached hydrogens (tertiary/aromatic N) is 1. The molecule has 1 aromatic rings. The molecule has 130 valence electrons. The van der Waals surface area contributed by atoms with Crippen LogP contribution >= 0.6 is 0 Å². The largest absolute Gasteiger partial charge is 0.461 e. The van der Waals surface area contributed by atoms with Gasteiger partial charge in [-0.1, -0.05) is 30.3 Å². The molecule has 1 amide bonds. The van der Waals surface area contributed by atoms with Gasteiger partial charge in [-0.05, 0) is 18.9 Å². The number of methoxy groups -OCH3 is 1. The highest BCUT2D eigenvalue weighted by atomic mass is 16.9. The highest BCUT2D eigenvalue weighted by molar-refractivity contribution is 5.71. The van der Waals surface area contributed by atoms with Crippen molar-refractivity contribution >= 4 is 12.1 Å². The summed E-state index contributed by atoms with van der Waals surface area (Å²) < 4.78 is 21.7. The quantitative estimate of drug-likeness (QED) is 0.787. The van der Waals surface area contributed by atoms with Crippen LogP contribution in [0.1, 0.15) is 31.7 Å². The smallest absolute Gasteiger partial charge is 0.413 e. The van der Waals surface area contributed by atoms with Crippen molar-refractivity contribution in [3.05, 3.63) is 35.9 Å². The van der Waals surface area contributed by atoms with Crippen LogP contribution in [0.15, 0.2) is 30.3 Å². The summed E-state index contributed by atoms with van der Waals surface area (Å²) in [6.07, 6.45) is 0.762. The molecule has 2 aliphatic heterocycles. The van der Waals surface area contributed by atoms with E-state index in [0.717, 1.165) is 12.0 Å². The zero-order valence-corrected chi connectivity index (χ0v) is 13.8. The van der Waals surface area contributed by atoms with Crippen molar-refractivity contribution in [2.24, 2.45) is 0 Å². The van der Waals surface area contributed by atoms with Gasteiger partial charge in [0.05, 0.1) is 13.5 Å². The number of hydrogen-bond donors (Lipinski definition) is 0. The maximum Gasteiger partial charge on any atom is 0.413 e. The zero-order valence-electron chi connectivity index (χ0n) is 13.8. The van der Waals surface area contributed by atoms with E-state index in [2.05, 4.69) is 0 Å². The summed E-state index contributed by atoms with van der Waals surface area (Å²) in [6.45, 7) is 2.37. The van der Waals surface area contributed by atoms with Crippen LogP contribution in [0.25, 0.3) is 0 Å². The Balaban J connectivity index is 1.52. The molecular formula is C17H21NO6. The first-order chi connectivity index (χ1) is 11.5. The molecule has 2 fully saturated rings. The minimum absolute atomic E-state index is 0.0450. The molecule has 0 saturated carbocycles. The summed E-state index contributed by atoms with van der Waals surface area (Å²) in [5, 5.41) is 0. The van der Waals surface area contributed by atoms with E-state index in [0.29, 0.717) is 13.0 Å². The normalized spacial score (nSPS) is 28.5. The fourth-order valence-corrected chi connectivity index (χ4v) is 3.12. The van der Waals surface area contributed by atoms with Gasteiger partial charge in [0.1, 0.15) is 6.61 Å². The molecule has 0 radical (unpaired) electrons. The number of rotatable bonds is 4. The maximum atomic E-state index is 12.0. The Labute approximate surface area is 140 Å². The molecule has 0 bridgehead atoms. The molecular weight excluding hydrogens is 314 g/mol. The molecule has 0 unspecified atom stereocenters. The number of carbonyl (C=O) groups is 2.